The second-order valence-electron chi connectivity index (χ2n) is 4.84. The third-order valence-corrected chi connectivity index (χ3v) is 4.75. The molecule has 16 heavy (non-hydrogen) atoms. The van der Waals surface area contributed by atoms with Crippen molar-refractivity contribution < 1.29 is 0 Å². The van der Waals surface area contributed by atoms with Crippen LogP contribution in [-0.2, 0) is 0 Å². The topological polar surface area (TPSA) is 40.7 Å². The predicted octanol–water partition coefficient (Wildman–Crippen LogP) is 2.36. The van der Waals surface area contributed by atoms with Crippen LogP contribution in [0.2, 0.25) is 0 Å². The van der Waals surface area contributed by atoms with Crippen LogP contribution in [0.1, 0.15) is 48.4 Å². The van der Waals surface area contributed by atoms with Crippen molar-refractivity contribution in [2.24, 2.45) is 0 Å². The van der Waals surface area contributed by atoms with Gasteiger partial charge < -0.3 is 10.3 Å². The predicted molar refractivity (Wildman–Crippen MR) is 68.0 cm³/mol. The number of aryl methyl sites for hydroxylation is 1. The summed E-state index contributed by atoms with van der Waals surface area (Å²) in [6, 6.07) is 0.436. The van der Waals surface area contributed by atoms with E-state index < -0.39 is 0 Å². The van der Waals surface area contributed by atoms with Crippen LogP contribution >= 0.6 is 11.8 Å². The molecule has 1 unspecified atom stereocenters. The van der Waals surface area contributed by atoms with Gasteiger partial charge >= 0.3 is 0 Å². The number of H-pyrrole nitrogens is 1. The van der Waals surface area contributed by atoms with Crippen LogP contribution in [0.3, 0.4) is 0 Å². The van der Waals surface area contributed by atoms with E-state index in [9.17, 15) is 0 Å². The van der Waals surface area contributed by atoms with Crippen LogP contribution in [0.4, 0.5) is 0 Å². The summed E-state index contributed by atoms with van der Waals surface area (Å²) in [5, 5.41) is 3.54. The molecule has 0 amide bonds. The maximum Gasteiger partial charge on any atom is 0.124 e. The summed E-state index contributed by atoms with van der Waals surface area (Å²) < 4.78 is 0. The Bertz CT molecular complexity index is 364. The molecule has 2 aliphatic rings. The molecule has 1 aliphatic carbocycles. The molecular formula is C12H19N3S. The van der Waals surface area contributed by atoms with Gasteiger partial charge in [-0.15, -0.1) is 0 Å². The molecule has 0 aromatic carbocycles. The standard InChI is InChI=1S/C12H19N3S/c1-8-11(9-3-2-4-9)15-12(14-8)10-7-16-6-5-13-10/h9-10,13H,2-7H2,1H3,(H,14,15). The first-order valence-electron chi connectivity index (χ1n) is 6.22. The molecule has 1 atom stereocenters. The Labute approximate surface area is 101 Å². The lowest BCUT2D eigenvalue weighted by Gasteiger charge is -2.24. The summed E-state index contributed by atoms with van der Waals surface area (Å²) in [7, 11) is 0. The second kappa shape index (κ2) is 4.41. The van der Waals surface area contributed by atoms with Gasteiger partial charge in [-0.05, 0) is 19.8 Å². The van der Waals surface area contributed by atoms with Gasteiger partial charge in [-0.25, -0.2) is 4.98 Å². The largest absolute Gasteiger partial charge is 0.345 e. The molecule has 1 aromatic rings. The molecule has 1 saturated heterocycles. The zero-order chi connectivity index (χ0) is 11.0. The van der Waals surface area contributed by atoms with Crippen molar-refractivity contribution in [3.05, 3.63) is 17.2 Å². The molecule has 88 valence electrons. The fourth-order valence-electron chi connectivity index (χ4n) is 2.48. The molecule has 0 bridgehead atoms. The summed E-state index contributed by atoms with van der Waals surface area (Å²) in [5.41, 5.74) is 2.62. The van der Waals surface area contributed by atoms with Gasteiger partial charge in [0.25, 0.3) is 0 Å². The van der Waals surface area contributed by atoms with Gasteiger partial charge in [0.2, 0.25) is 0 Å². The Hall–Kier alpha value is -0.480. The molecular weight excluding hydrogens is 218 g/mol. The van der Waals surface area contributed by atoms with E-state index in [1.807, 2.05) is 11.8 Å². The molecule has 1 aliphatic heterocycles. The second-order valence-corrected chi connectivity index (χ2v) is 5.99. The van der Waals surface area contributed by atoms with Crippen molar-refractivity contribution in [1.29, 1.82) is 0 Å². The van der Waals surface area contributed by atoms with Crippen molar-refractivity contribution >= 4 is 11.8 Å². The summed E-state index contributed by atoms with van der Waals surface area (Å²) >= 11 is 2.02. The summed E-state index contributed by atoms with van der Waals surface area (Å²) in [5.74, 6) is 4.27. The first kappa shape index (κ1) is 10.7. The molecule has 0 radical (unpaired) electrons. The van der Waals surface area contributed by atoms with E-state index in [2.05, 4.69) is 17.2 Å². The van der Waals surface area contributed by atoms with E-state index in [1.165, 1.54) is 36.4 Å². The van der Waals surface area contributed by atoms with Crippen LogP contribution in [0.15, 0.2) is 0 Å². The van der Waals surface area contributed by atoms with Crippen LogP contribution in [0.25, 0.3) is 0 Å². The Morgan fingerprint density at radius 3 is 2.88 bits per heavy atom. The van der Waals surface area contributed by atoms with Crippen LogP contribution in [-0.4, -0.2) is 28.0 Å². The van der Waals surface area contributed by atoms with E-state index in [0.717, 1.165) is 24.0 Å². The minimum absolute atomic E-state index is 0.436. The lowest BCUT2D eigenvalue weighted by Crippen LogP contribution is -2.31. The molecule has 2 fully saturated rings. The lowest BCUT2D eigenvalue weighted by atomic mass is 9.82. The van der Waals surface area contributed by atoms with Gasteiger partial charge in [-0.3, -0.25) is 0 Å². The number of thioether (sulfide) groups is 1. The van der Waals surface area contributed by atoms with E-state index in [4.69, 9.17) is 4.98 Å². The quantitative estimate of drug-likeness (QED) is 0.829. The highest BCUT2D eigenvalue weighted by Crippen LogP contribution is 2.37. The van der Waals surface area contributed by atoms with Crippen LogP contribution in [0.5, 0.6) is 0 Å². The first-order chi connectivity index (χ1) is 7.84. The minimum Gasteiger partial charge on any atom is -0.345 e. The van der Waals surface area contributed by atoms with Crippen molar-refractivity contribution in [2.75, 3.05) is 18.1 Å². The number of nitrogens with zero attached hydrogens (tertiary/aromatic N) is 1. The summed E-state index contributed by atoms with van der Waals surface area (Å²) in [6.45, 7) is 3.27. The third-order valence-electron chi connectivity index (χ3n) is 3.68. The molecule has 3 nitrogen and oxygen atoms in total. The van der Waals surface area contributed by atoms with Gasteiger partial charge in [0.1, 0.15) is 5.82 Å². The normalized spacial score (nSPS) is 26.7. The van der Waals surface area contributed by atoms with E-state index in [1.54, 1.807) is 0 Å². The van der Waals surface area contributed by atoms with Gasteiger partial charge in [0.15, 0.2) is 0 Å². The Balaban J connectivity index is 1.79. The molecule has 3 rings (SSSR count). The van der Waals surface area contributed by atoms with Crippen LogP contribution in [0, 0.1) is 6.92 Å². The Kier molecular flexibility index (Phi) is 2.94. The smallest absolute Gasteiger partial charge is 0.124 e. The number of hydrogen-bond acceptors (Lipinski definition) is 3. The fourth-order valence-corrected chi connectivity index (χ4v) is 3.42. The minimum atomic E-state index is 0.436. The number of aromatic nitrogens is 2. The van der Waals surface area contributed by atoms with Gasteiger partial charge in [-0.1, -0.05) is 6.42 Å². The van der Waals surface area contributed by atoms with Crippen molar-refractivity contribution in [3.8, 4) is 0 Å². The number of rotatable bonds is 2. The monoisotopic (exact) mass is 237 g/mol. The average Bonchev–Trinajstić information content (AvgIpc) is 2.60. The fraction of sp³-hybridized carbons (Fsp3) is 0.750. The zero-order valence-corrected chi connectivity index (χ0v) is 10.6. The van der Waals surface area contributed by atoms with Crippen molar-refractivity contribution in [2.45, 2.75) is 38.1 Å². The van der Waals surface area contributed by atoms with E-state index >= 15 is 0 Å². The van der Waals surface area contributed by atoms with Crippen molar-refractivity contribution in [1.82, 2.24) is 15.3 Å². The Morgan fingerprint density at radius 1 is 1.38 bits per heavy atom. The summed E-state index contributed by atoms with van der Waals surface area (Å²) in [4.78, 5) is 8.30. The molecule has 1 saturated carbocycles. The molecule has 2 heterocycles. The average molecular weight is 237 g/mol. The third kappa shape index (κ3) is 1.89. The number of imidazole rings is 1. The first-order valence-corrected chi connectivity index (χ1v) is 7.37. The SMILES string of the molecule is Cc1[nH]c(C2CSCCN2)nc1C1CCC1. The highest BCUT2D eigenvalue weighted by molar-refractivity contribution is 7.99. The number of hydrogen-bond donors (Lipinski definition) is 2. The Morgan fingerprint density at radius 2 is 2.25 bits per heavy atom. The van der Waals surface area contributed by atoms with Gasteiger partial charge in [0.05, 0.1) is 11.7 Å². The van der Waals surface area contributed by atoms with E-state index in [0.29, 0.717) is 6.04 Å². The molecule has 0 spiro atoms. The number of aromatic amines is 1. The molecule has 4 heteroatoms. The van der Waals surface area contributed by atoms with Gasteiger partial charge in [-0.2, -0.15) is 11.8 Å². The van der Waals surface area contributed by atoms with Gasteiger partial charge in [0, 0.05) is 29.7 Å². The highest BCUT2D eigenvalue weighted by atomic mass is 32.2. The van der Waals surface area contributed by atoms with E-state index in [-0.39, 0.29) is 0 Å². The maximum absolute atomic E-state index is 4.82. The summed E-state index contributed by atoms with van der Waals surface area (Å²) in [6.07, 6.45) is 4.04. The zero-order valence-electron chi connectivity index (χ0n) is 9.75. The maximum atomic E-state index is 4.82. The van der Waals surface area contributed by atoms with Crippen LogP contribution < -0.4 is 5.32 Å². The van der Waals surface area contributed by atoms with Crippen molar-refractivity contribution in [3.63, 3.8) is 0 Å². The molecule has 2 N–H and O–H groups in total. The highest BCUT2D eigenvalue weighted by Gasteiger charge is 2.26. The lowest BCUT2D eigenvalue weighted by molar-refractivity contribution is 0.409. The number of nitrogens with one attached hydrogen (secondary N) is 2. The molecule has 1 aromatic heterocycles.